The van der Waals surface area contributed by atoms with Crippen LogP contribution in [0.5, 0.6) is 5.75 Å². The van der Waals surface area contributed by atoms with Crippen LogP contribution in [0.25, 0.3) is 0 Å². The summed E-state index contributed by atoms with van der Waals surface area (Å²) in [6.07, 6.45) is 17.2. The Morgan fingerprint density at radius 2 is 0.793 bits per heavy atom. The van der Waals surface area contributed by atoms with Crippen molar-refractivity contribution >= 4 is 35.8 Å². The number of hydrogen-bond acceptors (Lipinski definition) is 12. The monoisotopic (exact) mass is 808 g/mol. The average molecular weight is 809 g/mol. The maximum Gasteiger partial charge on any atom is 0.330 e. The van der Waals surface area contributed by atoms with Crippen LogP contribution in [0.15, 0.2) is 49.6 Å². The average Bonchev–Trinajstić information content (AvgIpc) is 3.26. The number of rotatable bonds is 23. The predicted octanol–water partition coefficient (Wildman–Crippen LogP) is 7.98. The first-order valence-electron chi connectivity index (χ1n) is 21.6. The number of unbranched alkanes of at least 4 members (excludes halogenated alkanes) is 4. The number of ether oxygens (including phenoxy) is 6. The quantitative estimate of drug-likeness (QED) is 0.0346. The summed E-state index contributed by atoms with van der Waals surface area (Å²) in [6.45, 7) is 8.36. The second-order valence-electron chi connectivity index (χ2n) is 16.0. The lowest BCUT2D eigenvalue weighted by atomic mass is 9.69. The van der Waals surface area contributed by atoms with Crippen molar-refractivity contribution in [1.82, 2.24) is 0 Å². The van der Waals surface area contributed by atoms with Crippen LogP contribution in [0, 0.1) is 35.5 Å². The van der Waals surface area contributed by atoms with Crippen LogP contribution in [0.1, 0.15) is 121 Å². The number of esters is 6. The van der Waals surface area contributed by atoms with Crippen molar-refractivity contribution in [2.45, 2.75) is 122 Å². The molecule has 3 saturated carbocycles. The Morgan fingerprint density at radius 3 is 1.21 bits per heavy atom. The van der Waals surface area contributed by atoms with Gasteiger partial charge in [0.25, 0.3) is 0 Å². The Labute approximate surface area is 343 Å². The normalized spacial score (nSPS) is 23.0. The van der Waals surface area contributed by atoms with E-state index in [1.807, 2.05) is 12.1 Å². The molecule has 1 aromatic rings. The fourth-order valence-corrected chi connectivity index (χ4v) is 8.33. The highest BCUT2D eigenvalue weighted by Crippen LogP contribution is 2.42. The van der Waals surface area contributed by atoms with E-state index in [0.29, 0.717) is 82.4 Å². The second kappa shape index (κ2) is 25.8. The number of hydrogen-bond donors (Lipinski definition) is 0. The maximum absolute atomic E-state index is 12.9. The van der Waals surface area contributed by atoms with E-state index in [2.05, 4.69) is 13.2 Å². The summed E-state index contributed by atoms with van der Waals surface area (Å²) in [6, 6.07) is 7.27. The summed E-state index contributed by atoms with van der Waals surface area (Å²) in [7, 11) is 0. The van der Waals surface area contributed by atoms with Gasteiger partial charge in [0.1, 0.15) is 5.75 Å². The first-order chi connectivity index (χ1) is 28.2. The molecule has 0 atom stereocenters. The summed E-state index contributed by atoms with van der Waals surface area (Å²) >= 11 is 0. The van der Waals surface area contributed by atoms with Gasteiger partial charge in [0, 0.05) is 18.6 Å². The molecule has 0 spiro atoms. The molecule has 0 aromatic heterocycles. The van der Waals surface area contributed by atoms with Gasteiger partial charge in [0.05, 0.1) is 56.7 Å². The molecule has 1 aromatic carbocycles. The predicted molar refractivity (Wildman–Crippen MR) is 215 cm³/mol. The van der Waals surface area contributed by atoms with Crippen LogP contribution >= 0.6 is 0 Å². The molecule has 0 radical (unpaired) electrons. The lowest BCUT2D eigenvalue weighted by Crippen LogP contribution is -2.31. The van der Waals surface area contributed by atoms with E-state index in [-0.39, 0.29) is 60.8 Å². The first kappa shape index (κ1) is 46.2. The van der Waals surface area contributed by atoms with Crippen LogP contribution in [0.4, 0.5) is 0 Å². The Balaban J connectivity index is 1.01. The number of benzene rings is 1. The van der Waals surface area contributed by atoms with E-state index in [1.54, 1.807) is 12.1 Å². The molecule has 0 unspecified atom stereocenters. The van der Waals surface area contributed by atoms with E-state index >= 15 is 0 Å². The van der Waals surface area contributed by atoms with Gasteiger partial charge in [-0.1, -0.05) is 25.3 Å². The Hall–Kier alpha value is -4.48. The highest BCUT2D eigenvalue weighted by atomic mass is 16.6. The minimum absolute atomic E-state index is 0.0180. The van der Waals surface area contributed by atoms with Gasteiger partial charge in [-0.15, -0.1) is 0 Å². The zero-order valence-corrected chi connectivity index (χ0v) is 34.2. The van der Waals surface area contributed by atoms with Gasteiger partial charge in [0.15, 0.2) is 0 Å². The van der Waals surface area contributed by atoms with Gasteiger partial charge < -0.3 is 28.4 Å². The van der Waals surface area contributed by atoms with Crippen molar-refractivity contribution in [1.29, 1.82) is 0 Å². The second-order valence-corrected chi connectivity index (χ2v) is 16.0. The molecule has 58 heavy (non-hydrogen) atoms. The third-order valence-corrected chi connectivity index (χ3v) is 11.9. The van der Waals surface area contributed by atoms with Crippen LogP contribution in [0.3, 0.4) is 0 Å². The fourth-order valence-electron chi connectivity index (χ4n) is 8.33. The lowest BCUT2D eigenvalue weighted by molar-refractivity contribution is -0.152. The van der Waals surface area contributed by atoms with Crippen LogP contribution < -0.4 is 4.74 Å². The Morgan fingerprint density at radius 1 is 0.448 bits per heavy atom. The maximum atomic E-state index is 12.9. The molecule has 0 amide bonds. The zero-order chi connectivity index (χ0) is 41.5. The van der Waals surface area contributed by atoms with Gasteiger partial charge in [0.2, 0.25) is 0 Å². The molecule has 12 heteroatoms. The molecule has 12 nitrogen and oxygen atoms in total. The molecule has 0 heterocycles. The van der Waals surface area contributed by atoms with Crippen molar-refractivity contribution in [3.05, 3.63) is 55.1 Å². The van der Waals surface area contributed by atoms with E-state index < -0.39 is 11.9 Å². The minimum Gasteiger partial charge on any atom is -0.465 e. The summed E-state index contributed by atoms with van der Waals surface area (Å²) in [5.74, 6) is -0.574. The molecular formula is C46H64O12. The molecule has 0 bridgehead atoms. The van der Waals surface area contributed by atoms with Crippen molar-refractivity contribution < 1.29 is 57.2 Å². The van der Waals surface area contributed by atoms with Crippen molar-refractivity contribution in [3.63, 3.8) is 0 Å². The van der Waals surface area contributed by atoms with Crippen molar-refractivity contribution in [3.8, 4) is 5.75 Å². The zero-order valence-electron chi connectivity index (χ0n) is 34.2. The molecule has 0 N–H and O–H groups in total. The number of carbonyl (C=O) groups excluding carboxylic acids is 6. The topological polar surface area (TPSA) is 158 Å². The SMILES string of the molecule is C=CC(=O)OCCCCCCOC(=O)C1CCC(C2CCC(C(=O)OCCc3ccc(OC(=O)C4CCC(C(=O)OCCCCOC(=O)C=C)CC4)cc3)CC2)CC1. The van der Waals surface area contributed by atoms with E-state index in [9.17, 15) is 28.8 Å². The summed E-state index contributed by atoms with van der Waals surface area (Å²) in [4.78, 5) is 72.9. The van der Waals surface area contributed by atoms with E-state index in [4.69, 9.17) is 28.4 Å². The van der Waals surface area contributed by atoms with Crippen molar-refractivity contribution in [2.75, 3.05) is 33.0 Å². The largest absolute Gasteiger partial charge is 0.465 e. The number of carbonyl (C=O) groups is 6. The highest BCUT2D eigenvalue weighted by Gasteiger charge is 2.35. The third-order valence-electron chi connectivity index (χ3n) is 11.9. The smallest absolute Gasteiger partial charge is 0.330 e. The van der Waals surface area contributed by atoms with E-state index in [1.165, 1.54) is 0 Å². The standard InChI is InChI=1S/C46H64O12/c1-3-41(47)53-28-7-5-6-8-30-55-43(49)36-17-13-34(14-18-36)35-15-19-37(20-16-35)45(51)57-32-27-33-11-25-40(26-12-33)58-46(52)39-23-21-38(22-24-39)44(50)56-31-10-9-29-54-42(48)4-2/h3-4,11-12,25-26,34-39H,1-2,5-10,13-24,27-32H2. The molecule has 3 aliphatic rings. The molecular weight excluding hydrogens is 744 g/mol. The van der Waals surface area contributed by atoms with Crippen LogP contribution in [-0.4, -0.2) is 68.9 Å². The fraction of sp³-hybridized carbons (Fsp3) is 0.652. The molecule has 3 aliphatic carbocycles. The summed E-state index contributed by atoms with van der Waals surface area (Å²) in [5.41, 5.74) is 0.980. The Kier molecular flexibility index (Phi) is 20.5. The summed E-state index contributed by atoms with van der Waals surface area (Å²) < 4.78 is 32.2. The van der Waals surface area contributed by atoms with Gasteiger partial charge in [-0.25, -0.2) is 9.59 Å². The van der Waals surface area contributed by atoms with Gasteiger partial charge in [-0.3, -0.25) is 19.2 Å². The summed E-state index contributed by atoms with van der Waals surface area (Å²) in [5, 5.41) is 0. The van der Waals surface area contributed by atoms with E-state index in [0.717, 1.165) is 94.8 Å². The molecule has 0 aliphatic heterocycles. The van der Waals surface area contributed by atoms with Gasteiger partial charge in [-0.2, -0.15) is 0 Å². The van der Waals surface area contributed by atoms with Crippen LogP contribution in [-0.2, 0) is 58.9 Å². The van der Waals surface area contributed by atoms with Crippen LogP contribution in [0.2, 0.25) is 0 Å². The van der Waals surface area contributed by atoms with Gasteiger partial charge >= 0.3 is 35.8 Å². The molecule has 320 valence electrons. The Bertz CT molecular complexity index is 1480. The first-order valence-corrected chi connectivity index (χ1v) is 21.6. The molecule has 4 rings (SSSR count). The minimum atomic E-state index is -0.469. The molecule has 0 saturated heterocycles. The molecule has 3 fully saturated rings. The lowest BCUT2D eigenvalue weighted by Gasteiger charge is -2.36. The van der Waals surface area contributed by atoms with Crippen molar-refractivity contribution in [2.24, 2.45) is 35.5 Å². The highest BCUT2D eigenvalue weighted by molar-refractivity contribution is 5.81. The third kappa shape index (κ3) is 16.4. The van der Waals surface area contributed by atoms with Gasteiger partial charge in [-0.05, 0) is 145 Å².